The summed E-state index contributed by atoms with van der Waals surface area (Å²) in [6.45, 7) is 5.55. The lowest BCUT2D eigenvalue weighted by molar-refractivity contribution is 0.354. The summed E-state index contributed by atoms with van der Waals surface area (Å²) in [5.74, 6) is 0. The molecule has 0 radical (unpaired) electrons. The molecule has 0 aromatic heterocycles. The highest BCUT2D eigenvalue weighted by Gasteiger charge is 2.36. The highest BCUT2D eigenvalue weighted by Crippen LogP contribution is 2.35. The summed E-state index contributed by atoms with van der Waals surface area (Å²) in [5.41, 5.74) is 2.90. The zero-order chi connectivity index (χ0) is 13.3. The van der Waals surface area contributed by atoms with Crippen molar-refractivity contribution in [2.75, 3.05) is 24.5 Å². The van der Waals surface area contributed by atoms with Crippen LogP contribution in [0.3, 0.4) is 0 Å². The molecule has 0 unspecified atom stereocenters. The molecule has 3 rings (SSSR count). The van der Waals surface area contributed by atoms with Crippen LogP contribution in [0.5, 0.6) is 0 Å². The summed E-state index contributed by atoms with van der Waals surface area (Å²) in [5, 5.41) is 4.70. The second-order valence-electron chi connectivity index (χ2n) is 6.07. The van der Waals surface area contributed by atoms with Gasteiger partial charge in [-0.1, -0.05) is 30.5 Å². The van der Waals surface area contributed by atoms with Crippen molar-refractivity contribution < 1.29 is 0 Å². The third-order valence-corrected chi connectivity index (χ3v) is 5.15. The zero-order valence-corrected chi connectivity index (χ0v) is 12.5. The van der Waals surface area contributed by atoms with Crippen LogP contribution in [0.25, 0.3) is 0 Å². The van der Waals surface area contributed by atoms with Gasteiger partial charge in [-0.05, 0) is 50.4 Å². The summed E-state index contributed by atoms with van der Waals surface area (Å²) in [6.07, 6.45) is 6.60. The number of halogens is 1. The Morgan fingerprint density at radius 1 is 1.21 bits per heavy atom. The maximum absolute atomic E-state index is 6.28. The maximum atomic E-state index is 6.28. The van der Waals surface area contributed by atoms with Crippen molar-refractivity contribution in [1.29, 1.82) is 0 Å². The summed E-state index contributed by atoms with van der Waals surface area (Å²) in [4.78, 5) is 2.55. The van der Waals surface area contributed by atoms with Crippen molar-refractivity contribution >= 4 is 17.3 Å². The molecule has 0 atom stereocenters. The van der Waals surface area contributed by atoms with E-state index in [9.17, 15) is 0 Å². The first kappa shape index (κ1) is 13.3. The van der Waals surface area contributed by atoms with E-state index < -0.39 is 0 Å². The lowest BCUT2D eigenvalue weighted by Gasteiger charge is -2.35. The first-order valence-electron chi connectivity index (χ1n) is 7.45. The van der Waals surface area contributed by atoms with Gasteiger partial charge in [-0.3, -0.25) is 0 Å². The van der Waals surface area contributed by atoms with Crippen molar-refractivity contribution in [2.24, 2.45) is 0 Å². The topological polar surface area (TPSA) is 15.3 Å². The lowest BCUT2D eigenvalue weighted by Crippen LogP contribution is -2.49. The lowest BCUT2D eigenvalue weighted by atomic mass is 9.96. The fraction of sp³-hybridized carbons (Fsp3) is 0.625. The molecule has 19 heavy (non-hydrogen) atoms. The molecule has 1 aliphatic carbocycles. The van der Waals surface area contributed by atoms with Gasteiger partial charge >= 0.3 is 0 Å². The third kappa shape index (κ3) is 2.61. The summed E-state index contributed by atoms with van der Waals surface area (Å²) in [7, 11) is 0. The van der Waals surface area contributed by atoms with Crippen molar-refractivity contribution in [2.45, 2.75) is 44.6 Å². The van der Waals surface area contributed by atoms with Gasteiger partial charge < -0.3 is 10.2 Å². The summed E-state index contributed by atoms with van der Waals surface area (Å²) >= 11 is 6.28. The molecule has 1 N–H and O–H groups in total. The Kier molecular flexibility index (Phi) is 3.72. The van der Waals surface area contributed by atoms with Gasteiger partial charge in [0.1, 0.15) is 0 Å². The minimum Gasteiger partial charge on any atom is -0.369 e. The fourth-order valence-corrected chi connectivity index (χ4v) is 3.82. The van der Waals surface area contributed by atoms with E-state index in [1.165, 1.54) is 43.4 Å². The molecule has 104 valence electrons. The minimum absolute atomic E-state index is 0.352. The molecule has 2 aliphatic rings. The molecule has 1 heterocycles. The van der Waals surface area contributed by atoms with E-state index in [0.29, 0.717) is 5.54 Å². The van der Waals surface area contributed by atoms with Gasteiger partial charge in [0.2, 0.25) is 0 Å². The van der Waals surface area contributed by atoms with Crippen LogP contribution in [-0.4, -0.2) is 25.2 Å². The van der Waals surface area contributed by atoms with Gasteiger partial charge in [0.05, 0.1) is 0 Å². The van der Waals surface area contributed by atoms with Crippen LogP contribution in [0.1, 0.15) is 37.7 Å². The SMILES string of the molecule is Cc1c(Cl)cccc1N1CCCNC2(CCCC2)C1. The standard InChI is InChI=1S/C16H23ClN2/c1-13-14(17)6-4-7-15(13)19-11-5-10-18-16(12-19)8-2-3-9-16/h4,6-7,18H,2-3,5,8-12H2,1H3. The first-order chi connectivity index (χ1) is 9.20. The predicted octanol–water partition coefficient (Wildman–Crippen LogP) is 3.76. The summed E-state index contributed by atoms with van der Waals surface area (Å²) < 4.78 is 0. The van der Waals surface area contributed by atoms with E-state index in [-0.39, 0.29) is 0 Å². The zero-order valence-electron chi connectivity index (χ0n) is 11.7. The molecular formula is C16H23ClN2. The van der Waals surface area contributed by atoms with Gasteiger partial charge in [-0.15, -0.1) is 0 Å². The van der Waals surface area contributed by atoms with E-state index in [4.69, 9.17) is 11.6 Å². The Bertz CT molecular complexity index is 452. The van der Waals surface area contributed by atoms with Crippen LogP contribution >= 0.6 is 11.6 Å². The molecule has 1 aliphatic heterocycles. The number of nitrogens with one attached hydrogen (secondary N) is 1. The number of benzene rings is 1. The molecular weight excluding hydrogens is 256 g/mol. The van der Waals surface area contributed by atoms with Crippen molar-refractivity contribution in [1.82, 2.24) is 5.32 Å². The van der Waals surface area contributed by atoms with Gasteiger partial charge in [0, 0.05) is 29.3 Å². The van der Waals surface area contributed by atoms with Crippen LogP contribution < -0.4 is 10.2 Å². The molecule has 3 heteroatoms. The smallest absolute Gasteiger partial charge is 0.0455 e. The van der Waals surface area contributed by atoms with Gasteiger partial charge in [0.25, 0.3) is 0 Å². The fourth-order valence-electron chi connectivity index (χ4n) is 3.65. The van der Waals surface area contributed by atoms with Crippen molar-refractivity contribution in [3.8, 4) is 0 Å². The molecule has 2 nitrogen and oxygen atoms in total. The van der Waals surface area contributed by atoms with Crippen molar-refractivity contribution in [3.63, 3.8) is 0 Å². The van der Waals surface area contributed by atoms with Gasteiger partial charge in [-0.2, -0.15) is 0 Å². The number of hydrogen-bond donors (Lipinski definition) is 1. The molecule has 2 fully saturated rings. The van der Waals surface area contributed by atoms with Crippen LogP contribution in [0.4, 0.5) is 5.69 Å². The molecule has 1 saturated carbocycles. The maximum Gasteiger partial charge on any atom is 0.0455 e. The molecule has 1 aromatic carbocycles. The monoisotopic (exact) mass is 278 g/mol. The molecule has 0 amide bonds. The Morgan fingerprint density at radius 3 is 2.79 bits per heavy atom. The Hall–Kier alpha value is -0.730. The highest BCUT2D eigenvalue weighted by atomic mass is 35.5. The van der Waals surface area contributed by atoms with E-state index >= 15 is 0 Å². The number of nitrogens with zero attached hydrogens (tertiary/aromatic N) is 1. The van der Waals surface area contributed by atoms with E-state index in [1.54, 1.807) is 0 Å². The van der Waals surface area contributed by atoms with Crippen LogP contribution in [-0.2, 0) is 0 Å². The Labute approximate surface area is 121 Å². The second-order valence-corrected chi connectivity index (χ2v) is 6.48. The molecule has 1 saturated heterocycles. The largest absolute Gasteiger partial charge is 0.369 e. The number of anilines is 1. The molecule has 0 bridgehead atoms. The van der Waals surface area contributed by atoms with Crippen molar-refractivity contribution in [3.05, 3.63) is 28.8 Å². The molecule has 1 aromatic rings. The normalized spacial score (nSPS) is 22.7. The molecule has 1 spiro atoms. The van der Waals surface area contributed by atoms with Crippen LogP contribution in [0.15, 0.2) is 18.2 Å². The second kappa shape index (κ2) is 5.34. The highest BCUT2D eigenvalue weighted by molar-refractivity contribution is 6.31. The quantitative estimate of drug-likeness (QED) is 0.841. The first-order valence-corrected chi connectivity index (χ1v) is 7.83. The van der Waals surface area contributed by atoms with E-state index in [0.717, 1.165) is 24.7 Å². The average molecular weight is 279 g/mol. The number of rotatable bonds is 1. The van der Waals surface area contributed by atoms with E-state index in [1.807, 2.05) is 6.07 Å². The summed E-state index contributed by atoms with van der Waals surface area (Å²) in [6, 6.07) is 6.28. The van der Waals surface area contributed by atoms with Crippen LogP contribution in [0.2, 0.25) is 5.02 Å². The Balaban J connectivity index is 1.88. The van der Waals surface area contributed by atoms with E-state index in [2.05, 4.69) is 29.3 Å². The van der Waals surface area contributed by atoms with Crippen LogP contribution in [0, 0.1) is 6.92 Å². The average Bonchev–Trinajstić information content (AvgIpc) is 2.74. The Morgan fingerprint density at radius 2 is 2.00 bits per heavy atom. The number of hydrogen-bond acceptors (Lipinski definition) is 2. The predicted molar refractivity (Wildman–Crippen MR) is 82.2 cm³/mol. The minimum atomic E-state index is 0.352. The van der Waals surface area contributed by atoms with Gasteiger partial charge in [0.15, 0.2) is 0 Å². The third-order valence-electron chi connectivity index (χ3n) is 4.74. The van der Waals surface area contributed by atoms with Gasteiger partial charge in [-0.25, -0.2) is 0 Å².